The van der Waals surface area contributed by atoms with Gasteiger partial charge in [0.1, 0.15) is 21.6 Å². The van der Waals surface area contributed by atoms with Gasteiger partial charge in [0.05, 0.1) is 93.8 Å². The Labute approximate surface area is 857 Å². The van der Waals surface area contributed by atoms with Crippen LogP contribution in [0.2, 0.25) is 0 Å². The molecule has 0 saturated heterocycles. The number of phenols is 1. The van der Waals surface area contributed by atoms with Crippen LogP contribution in [0.15, 0.2) is 279 Å². The number of pyridine rings is 5. The summed E-state index contributed by atoms with van der Waals surface area (Å²) in [4.78, 5) is 55.5. The first-order valence-corrected chi connectivity index (χ1v) is 44.9. The molecule has 15 rings (SSSR count). The number of halogens is 2. The average Bonchev–Trinajstić information content (AvgIpc) is 0.799. The maximum absolute atomic E-state index is 12.1. The number of hydrogen-bond acceptors (Lipinski definition) is 27. The molecule has 0 saturated carbocycles. The zero-order chi connectivity index (χ0) is 104. The molecule has 0 fully saturated rings. The van der Waals surface area contributed by atoms with Gasteiger partial charge in [-0.15, -0.1) is 0 Å². The van der Waals surface area contributed by atoms with E-state index in [4.69, 9.17) is 76.2 Å². The van der Waals surface area contributed by atoms with Crippen molar-refractivity contribution >= 4 is 132 Å². The number of carbonyl (C=O) groups excluding carboxylic acids is 2. The Bertz CT molecular complexity index is 6760. The van der Waals surface area contributed by atoms with Crippen LogP contribution >= 0.6 is 31.9 Å². The number of rotatable bonds is 17. The third kappa shape index (κ3) is 35.0. The number of nitriles is 5. The van der Waals surface area contributed by atoms with E-state index in [1.165, 1.54) is 13.8 Å². The molecule has 34 heteroatoms. The molecule has 15 aromatic rings. The number of esters is 2. The zero-order valence-electron chi connectivity index (χ0n) is 81.6. The Kier molecular flexibility index (Phi) is 46.7. The van der Waals surface area contributed by atoms with Crippen LogP contribution < -0.4 is 33.8 Å². The summed E-state index contributed by atoms with van der Waals surface area (Å²) in [6.45, 7) is 26.8. The molecule has 0 bridgehead atoms. The SMILES string of the molecule is CC(C)(O)C(C)(C)O.CC(C)(O)C(C)(C)O.CC(C)(Oc1ccc2cncc(-c3ccc(C#N)cc3)c2c1)C(=O)O.CCOC(=O)C(C)(C)Br.CCOC(=O)C(C)(C)Oc1ccc2cncc(-c3ccc(C#N)cc3)c2c1.N#Cc1ccc(-c2cncc3ccc(B(O)O)cc23)cc1.N#Cc1ccc(-c2cncc3ccc(Br)cc23)cc1.N#Cc1ccc(-c2cncc3ccc(O)cc23)cc1.OO.[B][B].[Li+].[OH-]. The van der Waals surface area contributed by atoms with Crippen LogP contribution in [0.3, 0.4) is 0 Å². The third-order valence-electron chi connectivity index (χ3n) is 21.4. The number of nitrogens with zero attached hydrogens (tertiary/aromatic N) is 10. The predicted octanol–water partition coefficient (Wildman–Crippen LogP) is 16.8. The number of aliphatic carboxylic acids is 1. The number of ether oxygens (including phenoxy) is 4. The second-order valence-electron chi connectivity index (χ2n) is 34.5. The van der Waals surface area contributed by atoms with Gasteiger partial charge in [0.25, 0.3) is 0 Å². The van der Waals surface area contributed by atoms with Gasteiger partial charge in [-0.3, -0.25) is 40.2 Å². The third-order valence-corrected chi connectivity index (χ3v) is 22.2. The molecule has 10 aromatic carbocycles. The van der Waals surface area contributed by atoms with Crippen molar-refractivity contribution in [2.75, 3.05) is 13.2 Å². The second-order valence-corrected chi connectivity index (χ2v) is 37.3. The minimum Gasteiger partial charge on any atom is -0.870 e. The summed E-state index contributed by atoms with van der Waals surface area (Å²) in [7, 11) is 6.50. The van der Waals surface area contributed by atoms with Gasteiger partial charge >= 0.3 is 43.9 Å². The molecule has 722 valence electrons. The second kappa shape index (κ2) is 55.2. The van der Waals surface area contributed by atoms with Crippen molar-refractivity contribution in [1.82, 2.24) is 24.9 Å². The summed E-state index contributed by atoms with van der Waals surface area (Å²) in [5, 5.41) is 140. The molecule has 0 aliphatic heterocycles. The van der Waals surface area contributed by atoms with E-state index in [-0.39, 0.29) is 36.1 Å². The van der Waals surface area contributed by atoms with E-state index >= 15 is 0 Å². The van der Waals surface area contributed by atoms with Crippen LogP contribution in [-0.4, -0.2) is 173 Å². The number of carboxylic acids is 1. The number of hydrogen-bond donors (Lipinski definition) is 10. The van der Waals surface area contributed by atoms with E-state index in [1.807, 2.05) is 140 Å². The van der Waals surface area contributed by atoms with Crippen molar-refractivity contribution < 1.29 is 109 Å². The maximum Gasteiger partial charge on any atom is 1.00 e. The van der Waals surface area contributed by atoms with Crippen molar-refractivity contribution in [2.24, 2.45) is 0 Å². The number of fused-ring (bicyclic) bond motifs is 5. The van der Waals surface area contributed by atoms with Crippen LogP contribution in [0, 0.1) is 56.7 Å². The molecular formula is C108H108B3Br2LiN10O18. The predicted molar refractivity (Wildman–Crippen MR) is 556 cm³/mol. The molecule has 0 amide bonds. The van der Waals surface area contributed by atoms with Crippen molar-refractivity contribution in [1.29, 1.82) is 26.3 Å². The van der Waals surface area contributed by atoms with E-state index in [0.29, 0.717) is 58.0 Å². The number of carbonyl (C=O) groups is 3. The minimum atomic E-state index is -1.50. The molecule has 0 spiro atoms. The molecule has 0 atom stereocenters. The minimum absolute atomic E-state index is 0. The van der Waals surface area contributed by atoms with E-state index in [0.717, 1.165) is 114 Å². The largest absolute Gasteiger partial charge is 1.00 e. The van der Waals surface area contributed by atoms with E-state index in [1.54, 1.807) is 225 Å². The number of alkyl halides is 1. The number of benzene rings is 10. The summed E-state index contributed by atoms with van der Waals surface area (Å²) >= 11 is 6.67. The summed E-state index contributed by atoms with van der Waals surface area (Å²) in [5.74, 6) is -0.386. The van der Waals surface area contributed by atoms with Crippen molar-refractivity contribution in [3.63, 3.8) is 0 Å². The molecule has 5 heterocycles. The molecular weight excluding hydrogens is 1920 g/mol. The van der Waals surface area contributed by atoms with Gasteiger partial charge in [-0.1, -0.05) is 117 Å². The molecule has 0 unspecified atom stereocenters. The fourth-order valence-electron chi connectivity index (χ4n) is 12.1. The topological polar surface area (TPSA) is 504 Å². The van der Waals surface area contributed by atoms with Crippen LogP contribution in [0.4, 0.5) is 0 Å². The molecule has 28 nitrogen and oxygen atoms in total. The summed E-state index contributed by atoms with van der Waals surface area (Å²) < 4.78 is 21.9. The normalized spacial score (nSPS) is 10.7. The number of aliphatic hydroxyl groups is 4. The van der Waals surface area contributed by atoms with E-state index in [2.05, 4.69) is 109 Å². The Morgan fingerprint density at radius 2 is 0.613 bits per heavy atom. The van der Waals surface area contributed by atoms with E-state index in [9.17, 15) is 34.6 Å². The van der Waals surface area contributed by atoms with Crippen molar-refractivity contribution in [3.8, 4) is 103 Å². The summed E-state index contributed by atoms with van der Waals surface area (Å²) in [5.41, 5.74) is 6.63. The van der Waals surface area contributed by atoms with Gasteiger partial charge in [-0.05, 0) is 298 Å². The molecule has 142 heavy (non-hydrogen) atoms. The van der Waals surface area contributed by atoms with Gasteiger partial charge in [-0.2, -0.15) is 26.3 Å². The zero-order valence-corrected chi connectivity index (χ0v) is 84.8. The van der Waals surface area contributed by atoms with Gasteiger partial charge in [0, 0.05) is 137 Å². The molecule has 11 N–H and O–H groups in total. The van der Waals surface area contributed by atoms with Gasteiger partial charge in [0.2, 0.25) is 0 Å². The fraction of sp³-hybridized carbons (Fsp3) is 0.231. The Morgan fingerprint density at radius 1 is 0.366 bits per heavy atom. The first-order valence-electron chi connectivity index (χ1n) is 43.3. The van der Waals surface area contributed by atoms with Gasteiger partial charge in [0.15, 0.2) is 11.2 Å². The fourth-order valence-corrected chi connectivity index (χ4v) is 12.6. The number of aromatic hydroxyl groups is 1. The summed E-state index contributed by atoms with van der Waals surface area (Å²) in [6, 6.07) is 74.8. The molecule has 5 aromatic heterocycles. The molecule has 0 aliphatic rings. The van der Waals surface area contributed by atoms with Crippen LogP contribution in [0.25, 0.3) is 109 Å². The van der Waals surface area contributed by atoms with Crippen LogP contribution in [0.5, 0.6) is 17.2 Å². The Morgan fingerprint density at radius 3 is 0.866 bits per heavy atom. The van der Waals surface area contributed by atoms with Crippen molar-refractivity contribution in [3.05, 3.63) is 307 Å². The smallest absolute Gasteiger partial charge is 0.870 e. The first-order chi connectivity index (χ1) is 66.1. The Balaban J connectivity index is 0.000000346. The Hall–Kier alpha value is -14.1. The molecule has 4 radical (unpaired) electrons. The number of aromatic nitrogens is 5. The van der Waals surface area contributed by atoms with Crippen molar-refractivity contribution in [2.45, 2.75) is 149 Å². The monoisotopic (exact) mass is 2030 g/mol. The molecule has 0 aliphatic carbocycles. The van der Waals surface area contributed by atoms with E-state index < -0.39 is 57.0 Å². The van der Waals surface area contributed by atoms with Crippen LogP contribution in [0.1, 0.15) is 139 Å². The van der Waals surface area contributed by atoms with Crippen LogP contribution in [-0.2, 0) is 23.9 Å². The maximum atomic E-state index is 12.1. The van der Waals surface area contributed by atoms with Gasteiger partial charge in [-0.25, -0.2) is 9.59 Å². The average molecular weight is 2030 g/mol. The van der Waals surface area contributed by atoms with Gasteiger partial charge < -0.3 is 65.1 Å². The standard InChI is InChI=1S/C22H20N2O3.C20H16N2O3.C16H11BN2O2.C16H9BrN2.C16H10N2O.C6H11BrO2.2C6H14O2.B2.Li.H2O2.H2O/c1-4-26-21(25)22(2,3)27-18-10-9-17-13-24-14-20(19(17)11-18)16-7-5-15(12-23)6-8-16;1-20(2,19(23)24)25-16-8-7-15-11-22-12-18(17(15)9-16)14-5-3-13(10-21)4-6-14;18-8-11-1-3-12(4-2-11)16-10-19-9-13-5-6-14(17(20)21)7-15(13)16;17-14-6-5-13-9-19-10-16(15(13)7-14)12-3-1-11(8-18)2-4-12;17-8-11-1-3-12(4-2-11)16-10-18-9-13-5-6-14(19)7-15(13)16;1-4-9-5(8)6(2,3)7;2*1-5(2,7)6(3,4)8;1-2;;1-2;/h5-11,13-14H,4H2,1-3H3;3-9,11-12H,1-2H3,(H,23,24);1-7,9-10,20-21H;1-7,9-10H;1-7,9-10,19H;4H2,1-3H3;2*7-8H,1-4H3;;;1-2H;1H2/q;;;;;;;;;+1;;/p-1. The first kappa shape index (κ1) is 120. The number of phenolic OH excluding ortho intramolecular Hbond substituents is 1. The summed E-state index contributed by atoms with van der Waals surface area (Å²) in [6.07, 6.45) is 17.8. The quantitative estimate of drug-likeness (QED) is 0.0133. The number of carboxylic acid groups (broad SMARTS) is 1.